The number of rotatable bonds is 5. The molecule has 1 fully saturated rings. The quantitative estimate of drug-likeness (QED) is 0.765. The van der Waals surface area contributed by atoms with Crippen LogP contribution in [0.5, 0.6) is 0 Å². The maximum atomic E-state index is 12.3. The first kappa shape index (κ1) is 15.4. The van der Waals surface area contributed by atoms with Crippen molar-refractivity contribution in [2.45, 2.75) is 30.8 Å². The van der Waals surface area contributed by atoms with Crippen LogP contribution in [0.1, 0.15) is 13.3 Å². The maximum Gasteiger partial charge on any atom is 0.243 e. The Morgan fingerprint density at radius 3 is 2.95 bits per heavy atom. The lowest BCUT2D eigenvalue weighted by molar-refractivity contribution is 0.188. The van der Waals surface area contributed by atoms with Crippen molar-refractivity contribution >= 4 is 10.0 Å². The van der Waals surface area contributed by atoms with Gasteiger partial charge < -0.3 is 10.0 Å². The Morgan fingerprint density at radius 2 is 2.30 bits per heavy atom. The monoisotopic (exact) mass is 302 g/mol. The molecule has 114 valence electrons. The highest BCUT2D eigenvalue weighted by Gasteiger charge is 2.29. The van der Waals surface area contributed by atoms with E-state index in [9.17, 15) is 8.42 Å². The van der Waals surface area contributed by atoms with Crippen molar-refractivity contribution in [2.24, 2.45) is 5.92 Å². The van der Waals surface area contributed by atoms with Gasteiger partial charge in [0, 0.05) is 18.8 Å². The summed E-state index contributed by atoms with van der Waals surface area (Å²) in [5.74, 6) is 0.274. The molecule has 1 aliphatic rings. The molecule has 0 aliphatic carbocycles. The second-order valence-electron chi connectivity index (χ2n) is 5.42. The average Bonchev–Trinajstić information content (AvgIpc) is 2.83. The van der Waals surface area contributed by atoms with Gasteiger partial charge in [-0.3, -0.25) is 4.68 Å². The second kappa shape index (κ2) is 6.21. The number of aliphatic hydroxyl groups is 1. The third-order valence-electron chi connectivity index (χ3n) is 3.66. The minimum absolute atomic E-state index is 0.0441. The van der Waals surface area contributed by atoms with Gasteiger partial charge in [-0.25, -0.2) is 13.1 Å². The van der Waals surface area contributed by atoms with Crippen LogP contribution in [0.3, 0.4) is 0 Å². The number of nitrogens with zero attached hydrogens (tertiary/aromatic N) is 3. The van der Waals surface area contributed by atoms with Gasteiger partial charge in [-0.05, 0) is 25.9 Å². The molecule has 7 nitrogen and oxygen atoms in total. The van der Waals surface area contributed by atoms with Gasteiger partial charge in [-0.1, -0.05) is 6.92 Å². The van der Waals surface area contributed by atoms with Gasteiger partial charge in [-0.2, -0.15) is 5.10 Å². The van der Waals surface area contributed by atoms with Crippen LogP contribution in [0.25, 0.3) is 0 Å². The lowest BCUT2D eigenvalue weighted by atomic mass is 9.95. The number of aliphatic hydroxyl groups excluding tert-OH is 1. The molecular formula is C12H22N4O3S. The number of nitrogens with one attached hydrogen (secondary N) is 1. The molecule has 2 atom stereocenters. The summed E-state index contributed by atoms with van der Waals surface area (Å²) in [6, 6.07) is -0.0441. The van der Waals surface area contributed by atoms with Crippen LogP contribution in [-0.2, 0) is 16.6 Å². The minimum Gasteiger partial charge on any atom is -0.394 e. The van der Waals surface area contributed by atoms with Crippen molar-refractivity contribution in [3.8, 4) is 0 Å². The summed E-state index contributed by atoms with van der Waals surface area (Å²) < 4.78 is 28.8. The Labute approximate surface area is 119 Å². The van der Waals surface area contributed by atoms with E-state index in [-0.39, 0.29) is 23.5 Å². The summed E-state index contributed by atoms with van der Waals surface area (Å²) in [5.41, 5.74) is 0. The fourth-order valence-corrected chi connectivity index (χ4v) is 3.84. The SMILES string of the molecule is CC1CN(C)CCC1NS(=O)(=O)c1cnn(CCO)c1. The summed E-state index contributed by atoms with van der Waals surface area (Å²) in [6.45, 7) is 4.05. The normalized spacial score (nSPS) is 24.9. The highest BCUT2D eigenvalue weighted by atomic mass is 32.2. The zero-order valence-electron chi connectivity index (χ0n) is 11.9. The molecule has 2 N–H and O–H groups in total. The Hall–Kier alpha value is -0.960. The topological polar surface area (TPSA) is 87.5 Å². The standard InChI is InChI=1S/C12H22N4O3S/c1-10-8-15(2)4-3-12(10)14-20(18,19)11-7-13-16(9-11)5-6-17/h7,9-10,12,14,17H,3-6,8H2,1-2H3. The average molecular weight is 302 g/mol. The maximum absolute atomic E-state index is 12.3. The largest absolute Gasteiger partial charge is 0.394 e. The first-order valence-electron chi connectivity index (χ1n) is 6.76. The van der Waals surface area contributed by atoms with E-state index in [4.69, 9.17) is 5.11 Å². The Bertz CT molecular complexity index is 543. The van der Waals surface area contributed by atoms with E-state index in [1.54, 1.807) is 0 Å². The molecule has 1 aromatic heterocycles. The van der Waals surface area contributed by atoms with Gasteiger partial charge >= 0.3 is 0 Å². The number of hydrogen-bond acceptors (Lipinski definition) is 5. The van der Waals surface area contributed by atoms with Crippen molar-refractivity contribution in [1.29, 1.82) is 0 Å². The summed E-state index contributed by atoms with van der Waals surface area (Å²) in [5, 5.41) is 12.7. The Morgan fingerprint density at radius 1 is 1.55 bits per heavy atom. The molecule has 0 radical (unpaired) electrons. The van der Waals surface area contributed by atoms with E-state index in [2.05, 4.69) is 21.6 Å². The van der Waals surface area contributed by atoms with Gasteiger partial charge in [0.05, 0.1) is 19.3 Å². The Balaban J connectivity index is 2.06. The molecule has 0 aromatic carbocycles. The number of hydrogen-bond donors (Lipinski definition) is 2. The summed E-state index contributed by atoms with van der Waals surface area (Å²) in [7, 11) is -1.50. The van der Waals surface area contributed by atoms with E-state index in [1.165, 1.54) is 17.1 Å². The van der Waals surface area contributed by atoms with Crippen LogP contribution < -0.4 is 4.72 Å². The molecule has 1 aromatic rings. The van der Waals surface area contributed by atoms with Gasteiger partial charge in [-0.15, -0.1) is 0 Å². The van der Waals surface area contributed by atoms with Crippen molar-refractivity contribution in [2.75, 3.05) is 26.7 Å². The zero-order valence-corrected chi connectivity index (χ0v) is 12.7. The van der Waals surface area contributed by atoms with E-state index >= 15 is 0 Å². The molecule has 20 heavy (non-hydrogen) atoms. The molecule has 2 heterocycles. The first-order valence-corrected chi connectivity index (χ1v) is 8.25. The zero-order chi connectivity index (χ0) is 14.8. The third-order valence-corrected chi connectivity index (χ3v) is 5.11. The second-order valence-corrected chi connectivity index (χ2v) is 7.13. The van der Waals surface area contributed by atoms with Crippen LogP contribution in [0.15, 0.2) is 17.3 Å². The van der Waals surface area contributed by atoms with Crippen molar-refractivity contribution in [1.82, 2.24) is 19.4 Å². The summed E-state index contributed by atoms with van der Waals surface area (Å²) in [6.07, 6.45) is 3.57. The Kier molecular flexibility index (Phi) is 4.79. The van der Waals surface area contributed by atoms with E-state index in [0.717, 1.165) is 19.5 Å². The molecule has 8 heteroatoms. The van der Waals surface area contributed by atoms with Crippen molar-refractivity contribution < 1.29 is 13.5 Å². The van der Waals surface area contributed by atoms with Crippen LogP contribution >= 0.6 is 0 Å². The van der Waals surface area contributed by atoms with Crippen LogP contribution in [0.2, 0.25) is 0 Å². The molecule has 0 bridgehead atoms. The number of aromatic nitrogens is 2. The van der Waals surface area contributed by atoms with Gasteiger partial charge in [0.15, 0.2) is 0 Å². The molecule has 2 rings (SSSR count). The molecule has 1 aliphatic heterocycles. The highest BCUT2D eigenvalue weighted by Crippen LogP contribution is 2.18. The van der Waals surface area contributed by atoms with E-state index in [1.807, 2.05) is 7.05 Å². The minimum atomic E-state index is -3.54. The lowest BCUT2D eigenvalue weighted by Crippen LogP contribution is -2.48. The number of likely N-dealkylation sites (tertiary alicyclic amines) is 1. The fraction of sp³-hybridized carbons (Fsp3) is 0.750. The number of piperidine rings is 1. The lowest BCUT2D eigenvalue weighted by Gasteiger charge is -2.34. The fourth-order valence-electron chi connectivity index (χ4n) is 2.50. The van der Waals surface area contributed by atoms with Gasteiger partial charge in [0.1, 0.15) is 4.90 Å². The molecule has 1 saturated heterocycles. The van der Waals surface area contributed by atoms with Crippen molar-refractivity contribution in [3.63, 3.8) is 0 Å². The molecule has 0 spiro atoms. The predicted octanol–water partition coefficient (Wildman–Crippen LogP) is -0.506. The smallest absolute Gasteiger partial charge is 0.243 e. The van der Waals surface area contributed by atoms with E-state index < -0.39 is 10.0 Å². The van der Waals surface area contributed by atoms with Crippen LogP contribution in [0, 0.1) is 5.92 Å². The van der Waals surface area contributed by atoms with Gasteiger partial charge in [0.25, 0.3) is 0 Å². The predicted molar refractivity (Wildman–Crippen MR) is 74.7 cm³/mol. The molecule has 0 amide bonds. The van der Waals surface area contributed by atoms with Crippen molar-refractivity contribution in [3.05, 3.63) is 12.4 Å². The third kappa shape index (κ3) is 3.57. The molecular weight excluding hydrogens is 280 g/mol. The molecule has 0 saturated carbocycles. The van der Waals surface area contributed by atoms with E-state index in [0.29, 0.717) is 6.54 Å². The number of sulfonamides is 1. The van der Waals surface area contributed by atoms with Crippen LogP contribution in [-0.4, -0.2) is 61.0 Å². The first-order chi connectivity index (χ1) is 9.42. The van der Waals surface area contributed by atoms with Crippen LogP contribution in [0.4, 0.5) is 0 Å². The summed E-state index contributed by atoms with van der Waals surface area (Å²) >= 11 is 0. The highest BCUT2D eigenvalue weighted by molar-refractivity contribution is 7.89. The molecule has 2 unspecified atom stereocenters. The summed E-state index contributed by atoms with van der Waals surface area (Å²) in [4.78, 5) is 2.35. The van der Waals surface area contributed by atoms with Gasteiger partial charge in [0.2, 0.25) is 10.0 Å².